The van der Waals surface area contributed by atoms with Gasteiger partial charge in [-0.15, -0.1) is 0 Å². The summed E-state index contributed by atoms with van der Waals surface area (Å²) in [7, 11) is 0. The van der Waals surface area contributed by atoms with Gasteiger partial charge in [0, 0.05) is 19.1 Å². The van der Waals surface area contributed by atoms with Crippen molar-refractivity contribution in [1.29, 1.82) is 0 Å². The molecule has 0 atom stereocenters. The third-order valence-corrected chi connectivity index (χ3v) is 5.80. The van der Waals surface area contributed by atoms with Crippen molar-refractivity contribution in [3.8, 4) is 0 Å². The fourth-order valence-corrected chi connectivity index (χ4v) is 3.81. The molecule has 1 N–H and O–H groups in total. The lowest BCUT2D eigenvalue weighted by molar-refractivity contribution is 0.190. The van der Waals surface area contributed by atoms with Crippen molar-refractivity contribution in [3.05, 3.63) is 68.7 Å². The van der Waals surface area contributed by atoms with Crippen molar-refractivity contribution in [2.45, 2.75) is 45.8 Å². The predicted molar refractivity (Wildman–Crippen MR) is 108 cm³/mol. The van der Waals surface area contributed by atoms with Crippen LogP contribution in [0.15, 0.2) is 36.4 Å². The molecule has 2 aromatic rings. The van der Waals surface area contributed by atoms with Crippen molar-refractivity contribution in [2.24, 2.45) is 0 Å². The molecule has 0 spiro atoms. The topological polar surface area (TPSA) is 15.3 Å². The molecule has 0 saturated carbocycles. The Labute approximate surface area is 161 Å². The van der Waals surface area contributed by atoms with Crippen LogP contribution in [-0.2, 0) is 13.1 Å². The Morgan fingerprint density at radius 2 is 1.76 bits per heavy atom. The number of nitrogens with zero attached hydrogens (tertiary/aromatic N) is 1. The third kappa shape index (κ3) is 5.21. The molecular formula is C21H26Cl2N2. The van der Waals surface area contributed by atoms with Crippen molar-refractivity contribution < 1.29 is 0 Å². The largest absolute Gasteiger partial charge is 0.310 e. The molecule has 1 aliphatic heterocycles. The number of rotatable bonds is 5. The zero-order chi connectivity index (χ0) is 17.8. The van der Waals surface area contributed by atoms with Crippen LogP contribution in [-0.4, -0.2) is 24.0 Å². The summed E-state index contributed by atoms with van der Waals surface area (Å²) in [5.41, 5.74) is 5.35. The average molecular weight is 377 g/mol. The molecule has 0 aliphatic carbocycles. The fraction of sp³-hybridized carbons (Fsp3) is 0.429. The lowest BCUT2D eigenvalue weighted by Gasteiger charge is -2.32. The van der Waals surface area contributed by atoms with E-state index >= 15 is 0 Å². The number of hydrogen-bond donors (Lipinski definition) is 1. The van der Waals surface area contributed by atoms with Crippen molar-refractivity contribution in [2.75, 3.05) is 13.1 Å². The van der Waals surface area contributed by atoms with E-state index in [9.17, 15) is 0 Å². The lowest BCUT2D eigenvalue weighted by Crippen LogP contribution is -2.41. The number of halogens is 2. The molecular weight excluding hydrogens is 351 g/mol. The van der Waals surface area contributed by atoms with Gasteiger partial charge in [-0.1, -0.05) is 53.0 Å². The maximum atomic E-state index is 6.12. The Hall–Kier alpha value is -1.06. The predicted octanol–water partition coefficient (Wildman–Crippen LogP) is 5.36. The standard InChI is InChI=1S/C21H26Cl2N2/c1-15-3-5-18(16(2)11-15)13-24-19-7-9-25(10-8-19)14-17-4-6-20(22)21(23)12-17/h3-6,11-12,19,24H,7-10,13-14H2,1-2H3. The van der Waals surface area contributed by atoms with Crippen molar-refractivity contribution >= 4 is 23.2 Å². The Morgan fingerprint density at radius 1 is 1.00 bits per heavy atom. The fourth-order valence-electron chi connectivity index (χ4n) is 3.49. The first kappa shape index (κ1) is 18.7. The molecule has 3 rings (SSSR count). The number of nitrogens with one attached hydrogen (secondary N) is 1. The number of aryl methyl sites for hydroxylation is 2. The van der Waals surface area contributed by atoms with Gasteiger partial charge in [0.15, 0.2) is 0 Å². The van der Waals surface area contributed by atoms with E-state index in [0.717, 1.165) is 26.2 Å². The molecule has 25 heavy (non-hydrogen) atoms. The maximum Gasteiger partial charge on any atom is 0.0595 e. The van der Waals surface area contributed by atoms with Gasteiger partial charge in [0.2, 0.25) is 0 Å². The highest BCUT2D eigenvalue weighted by molar-refractivity contribution is 6.42. The minimum Gasteiger partial charge on any atom is -0.310 e. The number of likely N-dealkylation sites (tertiary alicyclic amines) is 1. The summed E-state index contributed by atoms with van der Waals surface area (Å²) in [6, 6.07) is 13.2. The van der Waals surface area contributed by atoms with Crippen molar-refractivity contribution in [3.63, 3.8) is 0 Å². The van der Waals surface area contributed by atoms with Gasteiger partial charge in [-0.3, -0.25) is 4.90 Å². The summed E-state index contributed by atoms with van der Waals surface area (Å²) >= 11 is 12.1. The summed E-state index contributed by atoms with van der Waals surface area (Å²) in [6.07, 6.45) is 2.37. The summed E-state index contributed by atoms with van der Waals surface area (Å²) in [5, 5.41) is 5.00. The van der Waals surface area contributed by atoms with Crippen LogP contribution in [0.3, 0.4) is 0 Å². The van der Waals surface area contributed by atoms with Crippen LogP contribution in [0.25, 0.3) is 0 Å². The van der Waals surface area contributed by atoms with Gasteiger partial charge in [0.25, 0.3) is 0 Å². The number of benzene rings is 2. The molecule has 0 amide bonds. The van der Waals surface area contributed by atoms with E-state index < -0.39 is 0 Å². The van der Waals surface area contributed by atoms with Crippen LogP contribution in [0.2, 0.25) is 10.0 Å². The van der Waals surface area contributed by atoms with Crippen molar-refractivity contribution in [1.82, 2.24) is 10.2 Å². The smallest absolute Gasteiger partial charge is 0.0595 e. The van der Waals surface area contributed by atoms with Gasteiger partial charge in [-0.05, 0) is 68.6 Å². The Kier molecular flexibility index (Phi) is 6.40. The maximum absolute atomic E-state index is 6.12. The zero-order valence-corrected chi connectivity index (χ0v) is 16.5. The molecule has 0 radical (unpaired) electrons. The molecule has 2 aromatic carbocycles. The van der Waals surface area contributed by atoms with E-state index in [1.165, 1.54) is 35.1 Å². The number of piperidine rings is 1. The van der Waals surface area contributed by atoms with Crippen LogP contribution >= 0.6 is 23.2 Å². The molecule has 0 bridgehead atoms. The van der Waals surface area contributed by atoms with E-state index in [4.69, 9.17) is 23.2 Å². The minimum atomic E-state index is 0.603. The van der Waals surface area contributed by atoms with E-state index in [1.807, 2.05) is 12.1 Å². The average Bonchev–Trinajstić information content (AvgIpc) is 2.59. The van der Waals surface area contributed by atoms with Gasteiger partial charge in [-0.25, -0.2) is 0 Å². The normalized spacial score (nSPS) is 16.3. The molecule has 134 valence electrons. The minimum absolute atomic E-state index is 0.603. The van der Waals surface area contributed by atoms with Crippen LogP contribution in [0.5, 0.6) is 0 Å². The van der Waals surface area contributed by atoms with Gasteiger partial charge in [-0.2, -0.15) is 0 Å². The monoisotopic (exact) mass is 376 g/mol. The molecule has 1 heterocycles. The van der Waals surface area contributed by atoms with Gasteiger partial charge < -0.3 is 5.32 Å². The molecule has 1 aliphatic rings. The lowest BCUT2D eigenvalue weighted by atomic mass is 10.0. The summed E-state index contributed by atoms with van der Waals surface area (Å²) < 4.78 is 0. The zero-order valence-electron chi connectivity index (χ0n) is 15.0. The first-order chi connectivity index (χ1) is 12.0. The highest BCUT2D eigenvalue weighted by Crippen LogP contribution is 2.24. The Bertz CT molecular complexity index is 722. The van der Waals surface area contributed by atoms with Gasteiger partial charge in [0.05, 0.1) is 10.0 Å². The van der Waals surface area contributed by atoms with Gasteiger partial charge >= 0.3 is 0 Å². The highest BCUT2D eigenvalue weighted by Gasteiger charge is 2.19. The first-order valence-electron chi connectivity index (χ1n) is 8.97. The molecule has 0 unspecified atom stereocenters. The van der Waals surface area contributed by atoms with E-state index in [2.05, 4.69) is 48.3 Å². The second-order valence-electron chi connectivity index (χ2n) is 7.11. The SMILES string of the molecule is Cc1ccc(CNC2CCN(Cc3ccc(Cl)c(Cl)c3)CC2)c(C)c1. The second kappa shape index (κ2) is 8.55. The Balaban J connectivity index is 1.46. The van der Waals surface area contributed by atoms with Crippen LogP contribution in [0.4, 0.5) is 0 Å². The van der Waals surface area contributed by atoms with E-state index in [0.29, 0.717) is 16.1 Å². The first-order valence-corrected chi connectivity index (χ1v) is 9.72. The van der Waals surface area contributed by atoms with Crippen LogP contribution < -0.4 is 5.32 Å². The summed E-state index contributed by atoms with van der Waals surface area (Å²) in [4.78, 5) is 2.49. The van der Waals surface area contributed by atoms with Gasteiger partial charge in [0.1, 0.15) is 0 Å². The van der Waals surface area contributed by atoms with E-state index in [-0.39, 0.29) is 0 Å². The highest BCUT2D eigenvalue weighted by atomic mass is 35.5. The summed E-state index contributed by atoms with van der Waals surface area (Å²) in [5.74, 6) is 0. The number of hydrogen-bond acceptors (Lipinski definition) is 2. The third-order valence-electron chi connectivity index (χ3n) is 5.06. The quantitative estimate of drug-likeness (QED) is 0.754. The van der Waals surface area contributed by atoms with Crippen LogP contribution in [0.1, 0.15) is 35.1 Å². The molecule has 1 saturated heterocycles. The second-order valence-corrected chi connectivity index (χ2v) is 7.92. The molecule has 1 fully saturated rings. The van der Waals surface area contributed by atoms with E-state index in [1.54, 1.807) is 0 Å². The molecule has 4 heteroatoms. The Morgan fingerprint density at radius 3 is 2.44 bits per heavy atom. The van der Waals surface area contributed by atoms with Crippen LogP contribution in [0, 0.1) is 13.8 Å². The molecule has 0 aromatic heterocycles. The summed E-state index contributed by atoms with van der Waals surface area (Å²) in [6.45, 7) is 8.48. The molecule has 2 nitrogen and oxygen atoms in total.